The number of hydrogen-bond donors (Lipinski definition) is 3. The van der Waals surface area contributed by atoms with Crippen molar-refractivity contribution >= 4 is 6.09 Å². The molecule has 2 unspecified atom stereocenters. The largest absolute Gasteiger partial charge is 0.444 e. The molecule has 0 spiro atoms. The molecule has 1 amide bonds. The molecule has 1 aromatic heterocycles. The molecule has 5 heteroatoms. The highest BCUT2D eigenvalue weighted by Gasteiger charge is 2.29. The second-order valence-corrected chi connectivity index (χ2v) is 6.39. The van der Waals surface area contributed by atoms with Gasteiger partial charge in [0.2, 0.25) is 0 Å². The number of amides is 1. The fourth-order valence-corrected chi connectivity index (χ4v) is 2.55. The second kappa shape index (κ2) is 6.31. The minimum Gasteiger partial charge on any atom is -0.444 e. The van der Waals surface area contributed by atoms with Crippen molar-refractivity contribution in [1.82, 2.24) is 15.6 Å². The first kappa shape index (κ1) is 14.9. The van der Waals surface area contributed by atoms with Crippen molar-refractivity contribution in [3.8, 4) is 0 Å². The number of alkyl carbamates (subject to hydrolysis) is 1. The fraction of sp³-hybridized carbons (Fsp3) is 0.667. The molecule has 2 atom stereocenters. The van der Waals surface area contributed by atoms with E-state index < -0.39 is 5.60 Å². The van der Waals surface area contributed by atoms with Gasteiger partial charge < -0.3 is 20.4 Å². The van der Waals surface area contributed by atoms with Gasteiger partial charge in [-0.3, -0.25) is 0 Å². The molecular weight excluding hydrogens is 254 g/mol. The molecule has 0 aliphatic heterocycles. The van der Waals surface area contributed by atoms with E-state index in [-0.39, 0.29) is 12.1 Å². The number of carbonyl (C=O) groups is 1. The van der Waals surface area contributed by atoms with E-state index in [1.165, 1.54) is 5.56 Å². The number of carbonyl (C=O) groups excluding carboxylic acids is 1. The van der Waals surface area contributed by atoms with Crippen molar-refractivity contribution < 1.29 is 9.53 Å². The number of aromatic nitrogens is 1. The maximum atomic E-state index is 11.8. The zero-order valence-corrected chi connectivity index (χ0v) is 12.5. The van der Waals surface area contributed by atoms with Crippen LogP contribution in [0.3, 0.4) is 0 Å². The number of nitrogens with one attached hydrogen (secondary N) is 3. The molecule has 0 saturated heterocycles. The van der Waals surface area contributed by atoms with Crippen LogP contribution in [0.15, 0.2) is 18.5 Å². The third kappa shape index (κ3) is 4.56. The van der Waals surface area contributed by atoms with Crippen LogP contribution in [0, 0.1) is 0 Å². The summed E-state index contributed by atoms with van der Waals surface area (Å²) < 4.78 is 5.32. The van der Waals surface area contributed by atoms with Gasteiger partial charge in [0.15, 0.2) is 0 Å². The molecule has 1 aliphatic rings. The van der Waals surface area contributed by atoms with Crippen LogP contribution in [0.2, 0.25) is 0 Å². The van der Waals surface area contributed by atoms with E-state index in [0.717, 1.165) is 25.8 Å². The highest BCUT2D eigenvalue weighted by molar-refractivity contribution is 5.68. The lowest BCUT2D eigenvalue weighted by molar-refractivity contribution is 0.0498. The van der Waals surface area contributed by atoms with Crippen LogP contribution in [0.1, 0.15) is 45.6 Å². The van der Waals surface area contributed by atoms with Crippen molar-refractivity contribution in [2.24, 2.45) is 0 Å². The van der Waals surface area contributed by atoms with Gasteiger partial charge in [-0.25, -0.2) is 4.79 Å². The molecule has 1 saturated carbocycles. The third-order valence-corrected chi connectivity index (χ3v) is 3.45. The lowest BCUT2D eigenvalue weighted by atomic mass is 10.1. The van der Waals surface area contributed by atoms with E-state index in [1.54, 1.807) is 0 Å². The summed E-state index contributed by atoms with van der Waals surface area (Å²) in [5.74, 6) is 0. The van der Waals surface area contributed by atoms with Gasteiger partial charge in [-0.05, 0) is 51.7 Å². The van der Waals surface area contributed by atoms with Gasteiger partial charge in [0.05, 0.1) is 0 Å². The van der Waals surface area contributed by atoms with E-state index in [9.17, 15) is 4.79 Å². The Hall–Kier alpha value is -1.49. The highest BCUT2D eigenvalue weighted by Crippen LogP contribution is 2.20. The van der Waals surface area contributed by atoms with Gasteiger partial charge >= 0.3 is 6.09 Å². The summed E-state index contributed by atoms with van der Waals surface area (Å²) >= 11 is 0. The molecule has 1 aliphatic carbocycles. The predicted octanol–water partition coefficient (Wildman–Crippen LogP) is 2.55. The van der Waals surface area contributed by atoms with E-state index in [2.05, 4.69) is 21.7 Å². The molecule has 0 aromatic carbocycles. The Morgan fingerprint density at radius 3 is 2.80 bits per heavy atom. The molecule has 0 radical (unpaired) electrons. The smallest absolute Gasteiger partial charge is 0.407 e. The SMILES string of the molecule is CC(C)(C)OC(=O)NC1CCCC1NCc1cc[nH]c1. The summed E-state index contributed by atoms with van der Waals surface area (Å²) in [6, 6.07) is 2.53. The average molecular weight is 279 g/mol. The number of hydrogen-bond acceptors (Lipinski definition) is 3. The summed E-state index contributed by atoms with van der Waals surface area (Å²) in [6.45, 7) is 6.45. The maximum Gasteiger partial charge on any atom is 0.407 e. The monoisotopic (exact) mass is 279 g/mol. The van der Waals surface area contributed by atoms with E-state index in [4.69, 9.17) is 4.74 Å². The number of H-pyrrole nitrogens is 1. The first-order chi connectivity index (χ1) is 9.44. The van der Waals surface area contributed by atoms with E-state index in [1.807, 2.05) is 33.2 Å². The third-order valence-electron chi connectivity index (χ3n) is 3.45. The molecular formula is C15H25N3O2. The predicted molar refractivity (Wildman–Crippen MR) is 78.4 cm³/mol. The lowest BCUT2D eigenvalue weighted by Gasteiger charge is -2.25. The van der Waals surface area contributed by atoms with Crippen molar-refractivity contribution in [3.63, 3.8) is 0 Å². The molecule has 0 bridgehead atoms. The summed E-state index contributed by atoms with van der Waals surface area (Å²) in [6.07, 6.45) is 6.80. The average Bonchev–Trinajstić information content (AvgIpc) is 2.94. The zero-order valence-electron chi connectivity index (χ0n) is 12.5. The quantitative estimate of drug-likeness (QED) is 0.793. The van der Waals surface area contributed by atoms with Crippen LogP contribution in [-0.2, 0) is 11.3 Å². The molecule has 3 N–H and O–H groups in total. The van der Waals surface area contributed by atoms with Crippen LogP contribution in [0.25, 0.3) is 0 Å². The van der Waals surface area contributed by atoms with Crippen molar-refractivity contribution in [2.75, 3.05) is 0 Å². The Balaban J connectivity index is 1.80. The van der Waals surface area contributed by atoms with Crippen molar-refractivity contribution in [1.29, 1.82) is 0 Å². The Kier molecular flexibility index (Phi) is 4.70. The van der Waals surface area contributed by atoms with Gasteiger partial charge in [0.1, 0.15) is 5.60 Å². The van der Waals surface area contributed by atoms with Gasteiger partial charge in [-0.2, -0.15) is 0 Å². The summed E-state index contributed by atoms with van der Waals surface area (Å²) in [5.41, 5.74) is 0.782. The lowest BCUT2D eigenvalue weighted by Crippen LogP contribution is -2.47. The molecule has 1 aromatic rings. The van der Waals surface area contributed by atoms with Gasteiger partial charge in [-0.15, -0.1) is 0 Å². The topological polar surface area (TPSA) is 66.2 Å². The molecule has 2 rings (SSSR count). The van der Waals surface area contributed by atoms with Crippen molar-refractivity contribution in [3.05, 3.63) is 24.0 Å². The summed E-state index contributed by atoms with van der Waals surface area (Å²) in [7, 11) is 0. The van der Waals surface area contributed by atoms with Gasteiger partial charge in [0.25, 0.3) is 0 Å². The summed E-state index contributed by atoms with van der Waals surface area (Å²) in [4.78, 5) is 14.9. The molecule has 1 heterocycles. The van der Waals surface area contributed by atoms with Crippen LogP contribution in [0.4, 0.5) is 4.79 Å². The normalized spacial score (nSPS) is 22.8. The first-order valence-electron chi connectivity index (χ1n) is 7.28. The van der Waals surface area contributed by atoms with Crippen molar-refractivity contribution in [2.45, 2.75) is 64.3 Å². The minimum absolute atomic E-state index is 0.156. The number of ether oxygens (including phenoxy) is 1. The Morgan fingerprint density at radius 2 is 2.15 bits per heavy atom. The highest BCUT2D eigenvalue weighted by atomic mass is 16.6. The fourth-order valence-electron chi connectivity index (χ4n) is 2.55. The van der Waals surface area contributed by atoms with Crippen LogP contribution in [-0.4, -0.2) is 28.8 Å². The molecule has 20 heavy (non-hydrogen) atoms. The van der Waals surface area contributed by atoms with Crippen LogP contribution < -0.4 is 10.6 Å². The number of aromatic amines is 1. The van der Waals surface area contributed by atoms with E-state index in [0.29, 0.717) is 6.04 Å². The zero-order chi connectivity index (χ0) is 14.6. The molecule has 112 valence electrons. The Bertz CT molecular complexity index is 423. The standard InChI is InChI=1S/C15H25N3O2/c1-15(2,3)20-14(19)18-13-6-4-5-12(13)17-10-11-7-8-16-9-11/h7-9,12-13,16-17H,4-6,10H2,1-3H3,(H,18,19). The maximum absolute atomic E-state index is 11.8. The Labute approximate surface area is 120 Å². The van der Waals surface area contributed by atoms with Crippen LogP contribution in [0.5, 0.6) is 0 Å². The van der Waals surface area contributed by atoms with Gasteiger partial charge in [0, 0.05) is 31.0 Å². The van der Waals surface area contributed by atoms with E-state index >= 15 is 0 Å². The number of rotatable bonds is 4. The molecule has 5 nitrogen and oxygen atoms in total. The first-order valence-corrected chi connectivity index (χ1v) is 7.28. The minimum atomic E-state index is -0.448. The molecule has 1 fully saturated rings. The Morgan fingerprint density at radius 1 is 1.40 bits per heavy atom. The van der Waals surface area contributed by atoms with Crippen LogP contribution >= 0.6 is 0 Å². The van der Waals surface area contributed by atoms with Gasteiger partial charge in [-0.1, -0.05) is 0 Å². The second-order valence-electron chi connectivity index (χ2n) is 6.39. The summed E-state index contributed by atoms with van der Waals surface area (Å²) in [5, 5.41) is 6.50.